The summed E-state index contributed by atoms with van der Waals surface area (Å²) in [5.74, 6) is 1.38. The average Bonchev–Trinajstić information content (AvgIpc) is 2.26. The summed E-state index contributed by atoms with van der Waals surface area (Å²) in [5.41, 5.74) is 0. The maximum Gasteiger partial charge on any atom is 0.384 e. The van der Waals surface area contributed by atoms with E-state index in [0.717, 1.165) is 12.8 Å². The molecule has 0 N–H and O–H groups in total. The number of alkyl halides is 1. The molecule has 0 fully saturated rings. The topological polar surface area (TPSA) is 26.3 Å². The predicted octanol–water partition coefficient (Wildman–Crippen LogP) is 3.33. The summed E-state index contributed by atoms with van der Waals surface area (Å²) in [7, 11) is 0. The molecule has 0 aliphatic rings. The SMILES string of the molecule is C#CC(=O)OCCCCCCCCCI. The molecule has 0 heterocycles. The van der Waals surface area contributed by atoms with Crippen LogP contribution in [0.4, 0.5) is 0 Å². The fraction of sp³-hybridized carbons (Fsp3) is 0.750. The molecule has 0 aliphatic carbocycles. The van der Waals surface area contributed by atoms with E-state index in [1.54, 1.807) is 0 Å². The molecule has 86 valence electrons. The van der Waals surface area contributed by atoms with E-state index in [0.29, 0.717) is 6.61 Å². The molecule has 0 radical (unpaired) electrons. The van der Waals surface area contributed by atoms with Crippen LogP contribution in [-0.2, 0) is 9.53 Å². The standard InChI is InChI=1S/C12H19IO2/c1-2-12(14)15-11-9-7-5-3-4-6-8-10-13/h1H,3-11H2. The van der Waals surface area contributed by atoms with E-state index < -0.39 is 5.97 Å². The number of esters is 1. The Labute approximate surface area is 106 Å². The van der Waals surface area contributed by atoms with Gasteiger partial charge in [-0.15, -0.1) is 6.42 Å². The molecule has 0 aromatic rings. The molecule has 0 atom stereocenters. The lowest BCUT2D eigenvalue weighted by molar-refractivity contribution is -0.136. The van der Waals surface area contributed by atoms with Gasteiger partial charge in [-0.1, -0.05) is 54.7 Å². The van der Waals surface area contributed by atoms with Gasteiger partial charge in [0.05, 0.1) is 6.61 Å². The lowest BCUT2D eigenvalue weighted by Gasteiger charge is -2.01. The molecule has 0 aromatic heterocycles. The summed E-state index contributed by atoms with van der Waals surface area (Å²) in [6.45, 7) is 0.469. The Hall–Kier alpha value is -0.240. The first-order valence-electron chi connectivity index (χ1n) is 5.50. The van der Waals surface area contributed by atoms with Gasteiger partial charge in [0.15, 0.2) is 0 Å². The molecule has 0 aliphatic heterocycles. The smallest absolute Gasteiger partial charge is 0.384 e. The third-order valence-electron chi connectivity index (χ3n) is 2.13. The molecule has 3 heteroatoms. The van der Waals surface area contributed by atoms with Gasteiger partial charge in [-0.25, -0.2) is 4.79 Å². The van der Waals surface area contributed by atoms with Gasteiger partial charge < -0.3 is 4.74 Å². The number of terminal acetylenes is 1. The normalized spacial score (nSPS) is 9.60. The number of ether oxygens (including phenoxy) is 1. The van der Waals surface area contributed by atoms with Gasteiger partial charge in [-0.3, -0.25) is 0 Å². The summed E-state index contributed by atoms with van der Waals surface area (Å²) in [5, 5.41) is 0. The quantitative estimate of drug-likeness (QED) is 0.163. The minimum atomic E-state index is -0.544. The van der Waals surface area contributed by atoms with Crippen LogP contribution in [0.2, 0.25) is 0 Å². The van der Waals surface area contributed by atoms with Gasteiger partial charge in [0.25, 0.3) is 0 Å². The van der Waals surface area contributed by atoms with E-state index in [-0.39, 0.29) is 0 Å². The Bertz CT molecular complexity index is 196. The second-order valence-electron chi connectivity index (χ2n) is 3.44. The Kier molecular flexibility index (Phi) is 11.6. The van der Waals surface area contributed by atoms with Crippen molar-refractivity contribution in [3.63, 3.8) is 0 Å². The van der Waals surface area contributed by atoms with Gasteiger partial charge >= 0.3 is 5.97 Å². The summed E-state index contributed by atoms with van der Waals surface area (Å²) in [6, 6.07) is 0. The lowest BCUT2D eigenvalue weighted by atomic mass is 10.1. The Morgan fingerprint density at radius 1 is 1.07 bits per heavy atom. The Balaban J connectivity index is 2.99. The minimum Gasteiger partial charge on any atom is -0.456 e. The van der Waals surface area contributed by atoms with Crippen LogP contribution in [0.15, 0.2) is 0 Å². The third kappa shape index (κ3) is 11.7. The van der Waals surface area contributed by atoms with Crippen LogP contribution >= 0.6 is 22.6 Å². The van der Waals surface area contributed by atoms with E-state index >= 15 is 0 Å². The first kappa shape index (κ1) is 14.8. The molecule has 0 saturated carbocycles. The highest BCUT2D eigenvalue weighted by Crippen LogP contribution is 2.08. The van der Waals surface area contributed by atoms with Crippen LogP contribution in [0, 0.1) is 12.3 Å². The summed E-state index contributed by atoms with van der Waals surface area (Å²) in [4.78, 5) is 10.6. The Morgan fingerprint density at radius 2 is 1.60 bits per heavy atom. The molecule has 0 spiro atoms. The van der Waals surface area contributed by atoms with Gasteiger partial charge in [0.2, 0.25) is 0 Å². The zero-order chi connectivity index (χ0) is 11.4. The molecular formula is C12H19IO2. The van der Waals surface area contributed by atoms with Crippen molar-refractivity contribution in [3.05, 3.63) is 0 Å². The van der Waals surface area contributed by atoms with Crippen molar-refractivity contribution in [2.75, 3.05) is 11.0 Å². The van der Waals surface area contributed by atoms with E-state index in [2.05, 4.69) is 22.6 Å². The van der Waals surface area contributed by atoms with Crippen molar-refractivity contribution in [2.24, 2.45) is 0 Å². The second-order valence-corrected chi connectivity index (χ2v) is 4.52. The lowest BCUT2D eigenvalue weighted by Crippen LogP contribution is -2.02. The third-order valence-corrected chi connectivity index (χ3v) is 2.89. The van der Waals surface area contributed by atoms with E-state index in [1.165, 1.54) is 36.5 Å². The molecule has 0 bridgehead atoms. The van der Waals surface area contributed by atoms with Crippen molar-refractivity contribution in [3.8, 4) is 12.3 Å². The summed E-state index contributed by atoms with van der Waals surface area (Å²) >= 11 is 2.41. The first-order valence-corrected chi connectivity index (χ1v) is 7.03. The Morgan fingerprint density at radius 3 is 2.13 bits per heavy atom. The van der Waals surface area contributed by atoms with E-state index in [1.807, 2.05) is 5.92 Å². The fourth-order valence-corrected chi connectivity index (χ4v) is 1.83. The number of halogens is 1. The zero-order valence-corrected chi connectivity index (χ0v) is 11.3. The van der Waals surface area contributed by atoms with E-state index in [4.69, 9.17) is 11.2 Å². The molecule has 0 rings (SSSR count). The van der Waals surface area contributed by atoms with Gasteiger partial charge in [0, 0.05) is 5.92 Å². The molecule has 0 saturated heterocycles. The van der Waals surface area contributed by atoms with Crippen molar-refractivity contribution >= 4 is 28.6 Å². The number of unbranched alkanes of at least 4 members (excludes halogenated alkanes) is 6. The predicted molar refractivity (Wildman–Crippen MR) is 71.0 cm³/mol. The van der Waals surface area contributed by atoms with E-state index in [9.17, 15) is 4.79 Å². The van der Waals surface area contributed by atoms with Crippen molar-refractivity contribution in [1.82, 2.24) is 0 Å². The summed E-state index contributed by atoms with van der Waals surface area (Å²) in [6.07, 6.45) is 13.4. The number of carbonyl (C=O) groups is 1. The van der Waals surface area contributed by atoms with Crippen LogP contribution in [0.25, 0.3) is 0 Å². The van der Waals surface area contributed by atoms with Crippen molar-refractivity contribution in [1.29, 1.82) is 0 Å². The number of carbonyl (C=O) groups excluding carboxylic acids is 1. The second kappa shape index (κ2) is 11.8. The van der Waals surface area contributed by atoms with Gasteiger partial charge in [0.1, 0.15) is 0 Å². The number of hydrogen-bond acceptors (Lipinski definition) is 2. The molecule has 0 unspecified atom stereocenters. The molecular weight excluding hydrogens is 303 g/mol. The molecule has 2 nitrogen and oxygen atoms in total. The number of hydrogen-bond donors (Lipinski definition) is 0. The summed E-state index contributed by atoms with van der Waals surface area (Å²) < 4.78 is 6.02. The van der Waals surface area contributed by atoms with Crippen LogP contribution in [0.3, 0.4) is 0 Å². The highest BCUT2D eigenvalue weighted by molar-refractivity contribution is 14.1. The highest BCUT2D eigenvalue weighted by Gasteiger charge is 1.95. The average molecular weight is 322 g/mol. The van der Waals surface area contributed by atoms with Gasteiger partial charge in [-0.05, 0) is 17.3 Å². The van der Waals surface area contributed by atoms with Crippen LogP contribution in [0.5, 0.6) is 0 Å². The van der Waals surface area contributed by atoms with Crippen LogP contribution in [-0.4, -0.2) is 17.0 Å². The highest BCUT2D eigenvalue weighted by atomic mass is 127. The van der Waals surface area contributed by atoms with Crippen molar-refractivity contribution < 1.29 is 9.53 Å². The molecule has 15 heavy (non-hydrogen) atoms. The molecule has 0 amide bonds. The van der Waals surface area contributed by atoms with Crippen LogP contribution < -0.4 is 0 Å². The maximum atomic E-state index is 10.6. The first-order chi connectivity index (χ1) is 7.31. The largest absolute Gasteiger partial charge is 0.456 e. The maximum absolute atomic E-state index is 10.6. The zero-order valence-electron chi connectivity index (χ0n) is 9.14. The van der Waals surface area contributed by atoms with Crippen molar-refractivity contribution in [2.45, 2.75) is 44.9 Å². The number of rotatable bonds is 9. The molecule has 0 aromatic carbocycles. The van der Waals surface area contributed by atoms with Crippen LogP contribution in [0.1, 0.15) is 44.9 Å². The monoisotopic (exact) mass is 322 g/mol. The minimum absolute atomic E-state index is 0.469. The van der Waals surface area contributed by atoms with Gasteiger partial charge in [-0.2, -0.15) is 0 Å². The fourth-order valence-electron chi connectivity index (χ4n) is 1.29.